The number of nitrogens with zero attached hydrogens (tertiary/aromatic N) is 2. The van der Waals surface area contributed by atoms with Gasteiger partial charge < -0.3 is 11.1 Å². The summed E-state index contributed by atoms with van der Waals surface area (Å²) in [5.74, 6) is -0.224. The zero-order chi connectivity index (χ0) is 17.0. The normalized spacial score (nSPS) is 13.0. The molecule has 7 heteroatoms. The number of hydrogen-bond acceptors (Lipinski definition) is 5. The second kappa shape index (κ2) is 7.14. The molecule has 0 bridgehead atoms. The van der Waals surface area contributed by atoms with Gasteiger partial charge in [-0.3, -0.25) is 9.59 Å². The number of amides is 1. The first-order chi connectivity index (χ1) is 10.9. The lowest BCUT2D eigenvalue weighted by Crippen LogP contribution is -2.52. The summed E-state index contributed by atoms with van der Waals surface area (Å²) in [4.78, 5) is 24.4. The van der Waals surface area contributed by atoms with E-state index in [1.807, 2.05) is 38.3 Å². The van der Waals surface area contributed by atoms with E-state index in [2.05, 4.69) is 10.4 Å². The Morgan fingerprint density at radius 3 is 2.83 bits per heavy atom. The Balaban J connectivity index is 2.01. The van der Waals surface area contributed by atoms with Gasteiger partial charge in [-0.15, -0.1) is 0 Å². The summed E-state index contributed by atoms with van der Waals surface area (Å²) in [6.45, 7) is 4.47. The van der Waals surface area contributed by atoms with E-state index < -0.39 is 6.04 Å². The minimum absolute atomic E-state index is 0.161. The van der Waals surface area contributed by atoms with E-state index in [1.165, 1.54) is 4.68 Å². The van der Waals surface area contributed by atoms with Crippen LogP contribution in [0.4, 0.5) is 0 Å². The quantitative estimate of drug-likeness (QED) is 0.822. The molecule has 0 saturated carbocycles. The van der Waals surface area contributed by atoms with Gasteiger partial charge in [-0.05, 0) is 26.2 Å². The Kier molecular flexibility index (Phi) is 5.43. The molecule has 2 rings (SSSR count). The Bertz CT molecular complexity index is 757. The zero-order valence-electron chi connectivity index (χ0n) is 13.6. The number of carbonyl (C=O) groups excluding carboxylic acids is 1. The highest BCUT2D eigenvalue weighted by atomic mass is 32.2. The van der Waals surface area contributed by atoms with Crippen molar-refractivity contribution in [3.8, 4) is 0 Å². The van der Waals surface area contributed by atoms with Crippen molar-refractivity contribution in [3.05, 3.63) is 40.8 Å². The van der Waals surface area contributed by atoms with Gasteiger partial charge in [-0.25, -0.2) is 4.68 Å². The number of aromatic nitrogens is 2. The summed E-state index contributed by atoms with van der Waals surface area (Å²) in [7, 11) is 0. The number of nitrogens with one attached hydrogen (secondary N) is 1. The zero-order valence-corrected chi connectivity index (χ0v) is 14.4. The molecule has 2 aromatic rings. The molecule has 0 aliphatic carbocycles. The lowest BCUT2D eigenvalue weighted by Gasteiger charge is -2.28. The monoisotopic (exact) mass is 334 g/mol. The van der Waals surface area contributed by atoms with Gasteiger partial charge in [0.05, 0.1) is 24.2 Å². The van der Waals surface area contributed by atoms with Crippen molar-refractivity contribution >= 4 is 28.4 Å². The van der Waals surface area contributed by atoms with E-state index in [-0.39, 0.29) is 16.2 Å². The van der Waals surface area contributed by atoms with Crippen LogP contribution in [0, 0.1) is 0 Å². The molecule has 1 aromatic heterocycles. The highest BCUT2D eigenvalue weighted by molar-refractivity contribution is 8.00. The molecule has 1 heterocycles. The molecule has 0 fully saturated rings. The largest absolute Gasteiger partial charge is 0.353 e. The molecule has 0 spiro atoms. The summed E-state index contributed by atoms with van der Waals surface area (Å²) >= 11 is 1.54. The second-order valence-electron chi connectivity index (χ2n) is 5.84. The Morgan fingerprint density at radius 1 is 1.43 bits per heavy atom. The third-order valence-electron chi connectivity index (χ3n) is 3.94. The number of benzene rings is 1. The predicted octanol–water partition coefficient (Wildman–Crippen LogP) is 0.982. The summed E-state index contributed by atoms with van der Waals surface area (Å²) in [5, 5.41) is 8.33. The third-order valence-corrected chi connectivity index (χ3v) is 5.25. The molecule has 0 aliphatic rings. The number of hydrogen-bond donors (Lipinski definition) is 2. The topological polar surface area (TPSA) is 90.0 Å². The fraction of sp³-hybridized carbons (Fsp3) is 0.438. The first-order valence-electron chi connectivity index (χ1n) is 7.40. The molecule has 1 amide bonds. The lowest BCUT2D eigenvalue weighted by atomic mass is 10.0. The van der Waals surface area contributed by atoms with Crippen molar-refractivity contribution in [3.63, 3.8) is 0 Å². The maximum absolute atomic E-state index is 12.3. The molecule has 1 atom stereocenters. The summed E-state index contributed by atoms with van der Waals surface area (Å²) in [6, 6.07) is 6.69. The molecule has 124 valence electrons. The molecular weight excluding hydrogens is 312 g/mol. The number of thioether (sulfide) groups is 1. The van der Waals surface area contributed by atoms with Crippen molar-refractivity contribution in [2.45, 2.75) is 31.2 Å². The number of rotatable bonds is 6. The van der Waals surface area contributed by atoms with Gasteiger partial charge in [-0.1, -0.05) is 18.2 Å². The van der Waals surface area contributed by atoms with E-state index in [9.17, 15) is 9.59 Å². The van der Waals surface area contributed by atoms with E-state index >= 15 is 0 Å². The molecule has 23 heavy (non-hydrogen) atoms. The predicted molar refractivity (Wildman–Crippen MR) is 94.6 cm³/mol. The maximum Gasteiger partial charge on any atom is 0.274 e. The van der Waals surface area contributed by atoms with Gasteiger partial charge >= 0.3 is 0 Å². The smallest absolute Gasteiger partial charge is 0.274 e. The van der Waals surface area contributed by atoms with Gasteiger partial charge in [0, 0.05) is 16.7 Å². The molecule has 0 unspecified atom stereocenters. The van der Waals surface area contributed by atoms with Crippen LogP contribution in [0.25, 0.3) is 10.8 Å². The van der Waals surface area contributed by atoms with Gasteiger partial charge in [0.1, 0.15) is 0 Å². The van der Waals surface area contributed by atoms with Crippen molar-refractivity contribution in [2.24, 2.45) is 5.73 Å². The van der Waals surface area contributed by atoms with Crippen LogP contribution in [0.2, 0.25) is 0 Å². The van der Waals surface area contributed by atoms with Gasteiger partial charge in [0.25, 0.3) is 5.56 Å². The van der Waals surface area contributed by atoms with E-state index in [4.69, 9.17) is 5.73 Å². The van der Waals surface area contributed by atoms with Crippen LogP contribution in [0.3, 0.4) is 0 Å². The first-order valence-corrected chi connectivity index (χ1v) is 8.62. The van der Waals surface area contributed by atoms with Crippen LogP contribution >= 0.6 is 11.8 Å². The van der Waals surface area contributed by atoms with Crippen LogP contribution in [-0.2, 0) is 11.3 Å². The molecule has 3 N–H and O–H groups in total. The summed E-state index contributed by atoms with van der Waals surface area (Å²) in [6.07, 6.45) is 3.58. The molecule has 1 aromatic carbocycles. The fourth-order valence-electron chi connectivity index (χ4n) is 2.12. The van der Waals surface area contributed by atoms with Crippen LogP contribution in [0.1, 0.15) is 13.8 Å². The standard InChI is InChI=1S/C16H22N4O2S/c1-16(2,23-3)13(17)14(21)18-8-9-20-15(22)12-7-5-4-6-11(12)10-19-20/h4-7,10,13H,8-9,17H2,1-3H3,(H,18,21)/t13-/m1/s1. The average molecular weight is 334 g/mol. The average Bonchev–Trinajstić information content (AvgIpc) is 2.56. The van der Waals surface area contributed by atoms with Crippen LogP contribution < -0.4 is 16.6 Å². The Labute approximate surface area is 139 Å². The number of nitrogens with two attached hydrogens (primary N) is 1. The minimum atomic E-state index is -0.612. The molecule has 0 radical (unpaired) electrons. The molecular formula is C16H22N4O2S. The highest BCUT2D eigenvalue weighted by Crippen LogP contribution is 2.24. The van der Waals surface area contributed by atoms with Crippen LogP contribution in [0.5, 0.6) is 0 Å². The number of carbonyl (C=O) groups is 1. The van der Waals surface area contributed by atoms with Crippen molar-refractivity contribution in [2.75, 3.05) is 12.8 Å². The third kappa shape index (κ3) is 3.92. The first kappa shape index (κ1) is 17.5. The van der Waals surface area contributed by atoms with Gasteiger partial charge in [0.2, 0.25) is 5.91 Å². The van der Waals surface area contributed by atoms with Crippen molar-refractivity contribution < 1.29 is 4.79 Å². The summed E-state index contributed by atoms with van der Waals surface area (Å²) in [5.41, 5.74) is 5.81. The lowest BCUT2D eigenvalue weighted by molar-refractivity contribution is -0.122. The van der Waals surface area contributed by atoms with Gasteiger partial charge in [-0.2, -0.15) is 16.9 Å². The molecule has 0 saturated heterocycles. The van der Waals surface area contributed by atoms with E-state index in [0.29, 0.717) is 18.5 Å². The van der Waals surface area contributed by atoms with E-state index in [1.54, 1.807) is 24.0 Å². The van der Waals surface area contributed by atoms with Gasteiger partial charge in [0.15, 0.2) is 0 Å². The van der Waals surface area contributed by atoms with Crippen LogP contribution in [-0.4, -0.2) is 39.3 Å². The molecule has 0 aliphatic heterocycles. The Hall–Kier alpha value is -1.86. The molecule has 6 nitrogen and oxygen atoms in total. The van der Waals surface area contributed by atoms with E-state index in [0.717, 1.165) is 5.39 Å². The fourth-order valence-corrected chi connectivity index (χ4v) is 2.49. The van der Waals surface area contributed by atoms with Crippen molar-refractivity contribution in [1.82, 2.24) is 15.1 Å². The maximum atomic E-state index is 12.3. The summed E-state index contributed by atoms with van der Waals surface area (Å²) < 4.78 is 1.01. The minimum Gasteiger partial charge on any atom is -0.353 e. The number of fused-ring (bicyclic) bond motifs is 1. The van der Waals surface area contributed by atoms with Crippen LogP contribution in [0.15, 0.2) is 35.3 Å². The highest BCUT2D eigenvalue weighted by Gasteiger charge is 2.30. The second-order valence-corrected chi connectivity index (χ2v) is 7.30. The Morgan fingerprint density at radius 2 is 2.13 bits per heavy atom. The van der Waals surface area contributed by atoms with Crippen molar-refractivity contribution in [1.29, 1.82) is 0 Å². The SMILES string of the molecule is CSC(C)(C)[C@H](N)C(=O)NCCn1ncc2ccccc2c1=O.